The van der Waals surface area contributed by atoms with Crippen LogP contribution >= 0.6 is 24.8 Å². The Bertz CT molecular complexity index is 607. The Balaban J connectivity index is 0.00000121. The van der Waals surface area contributed by atoms with Gasteiger partial charge >= 0.3 is 0 Å². The third-order valence-electron chi connectivity index (χ3n) is 6.15. The first kappa shape index (κ1) is 21.3. The van der Waals surface area contributed by atoms with Crippen LogP contribution in [-0.2, 0) is 4.79 Å². The summed E-state index contributed by atoms with van der Waals surface area (Å²) < 4.78 is 13.0. The Morgan fingerprint density at radius 1 is 1.23 bits per heavy atom. The number of amides is 1. The van der Waals surface area contributed by atoms with Gasteiger partial charge in [0.05, 0.1) is 0 Å². The molecular weight excluding hydrogens is 376 g/mol. The monoisotopic (exact) mass is 403 g/mol. The van der Waals surface area contributed by atoms with Gasteiger partial charge in [-0.3, -0.25) is 4.79 Å². The highest BCUT2D eigenvalue weighted by Gasteiger charge is 2.57. The van der Waals surface area contributed by atoms with Crippen molar-refractivity contribution in [3.05, 3.63) is 30.1 Å². The van der Waals surface area contributed by atoms with E-state index in [4.69, 9.17) is 0 Å². The van der Waals surface area contributed by atoms with Crippen LogP contribution in [0.15, 0.2) is 24.3 Å². The molecule has 2 heterocycles. The van der Waals surface area contributed by atoms with Gasteiger partial charge in [-0.25, -0.2) is 4.39 Å². The molecule has 1 aromatic rings. The molecule has 0 aromatic heterocycles. The van der Waals surface area contributed by atoms with Crippen LogP contribution in [0.4, 0.5) is 10.1 Å². The third-order valence-corrected chi connectivity index (χ3v) is 6.15. The van der Waals surface area contributed by atoms with Crippen molar-refractivity contribution in [1.29, 1.82) is 0 Å². The topological polar surface area (TPSA) is 44.4 Å². The molecule has 1 amide bonds. The summed E-state index contributed by atoms with van der Waals surface area (Å²) in [4.78, 5) is 14.7. The molecule has 3 fully saturated rings. The molecule has 7 heteroatoms. The second-order valence-electron chi connectivity index (χ2n) is 7.69. The minimum absolute atomic E-state index is 0. The van der Waals surface area contributed by atoms with Crippen molar-refractivity contribution in [2.45, 2.75) is 25.7 Å². The molecule has 4 rings (SSSR count). The summed E-state index contributed by atoms with van der Waals surface area (Å²) in [7, 11) is 0. The van der Waals surface area contributed by atoms with Crippen molar-refractivity contribution in [3.63, 3.8) is 0 Å². The minimum Gasteiger partial charge on any atom is -0.371 e. The molecule has 1 aromatic carbocycles. The lowest BCUT2D eigenvalue weighted by atomic mass is 9.91. The van der Waals surface area contributed by atoms with Gasteiger partial charge in [0.2, 0.25) is 5.91 Å². The largest absolute Gasteiger partial charge is 0.371 e. The summed E-state index contributed by atoms with van der Waals surface area (Å²) in [5.41, 5.74) is 1.38. The van der Waals surface area contributed by atoms with Gasteiger partial charge in [0.15, 0.2) is 0 Å². The Morgan fingerprint density at radius 2 is 1.92 bits per heavy atom. The zero-order chi connectivity index (χ0) is 16.6. The highest BCUT2D eigenvalue weighted by atomic mass is 35.5. The van der Waals surface area contributed by atoms with Crippen molar-refractivity contribution < 1.29 is 9.18 Å². The molecule has 146 valence electrons. The lowest BCUT2D eigenvalue weighted by molar-refractivity contribution is -0.123. The first-order valence-electron chi connectivity index (χ1n) is 9.15. The molecule has 3 aliphatic rings. The Hall–Kier alpha value is -1.04. The Labute approximate surface area is 167 Å². The number of nitrogens with one attached hydrogen (secondary N) is 2. The maximum atomic E-state index is 13.0. The second kappa shape index (κ2) is 8.77. The highest BCUT2D eigenvalue weighted by molar-refractivity contribution is 5.85. The molecule has 1 aliphatic carbocycles. The fourth-order valence-corrected chi connectivity index (χ4v) is 4.45. The van der Waals surface area contributed by atoms with E-state index in [-0.39, 0.29) is 42.5 Å². The molecule has 2 saturated heterocycles. The van der Waals surface area contributed by atoms with Crippen LogP contribution in [0, 0.1) is 23.1 Å². The highest BCUT2D eigenvalue weighted by Crippen LogP contribution is 2.58. The zero-order valence-corrected chi connectivity index (χ0v) is 16.5. The summed E-state index contributed by atoms with van der Waals surface area (Å²) >= 11 is 0. The van der Waals surface area contributed by atoms with E-state index < -0.39 is 0 Å². The molecule has 2 atom stereocenters. The first-order chi connectivity index (χ1) is 11.7. The van der Waals surface area contributed by atoms with Gasteiger partial charge in [0.25, 0.3) is 0 Å². The van der Waals surface area contributed by atoms with E-state index in [2.05, 4.69) is 15.5 Å². The number of rotatable bonds is 4. The maximum absolute atomic E-state index is 13.0. The van der Waals surface area contributed by atoms with Crippen LogP contribution in [0.5, 0.6) is 0 Å². The number of hydrogen-bond donors (Lipinski definition) is 2. The van der Waals surface area contributed by atoms with Gasteiger partial charge < -0.3 is 15.5 Å². The number of nitrogens with zero attached hydrogens (tertiary/aromatic N) is 1. The molecule has 2 unspecified atom stereocenters. The second-order valence-corrected chi connectivity index (χ2v) is 7.69. The lowest BCUT2D eigenvalue weighted by Crippen LogP contribution is -2.36. The molecule has 1 saturated carbocycles. The number of hydrogen-bond acceptors (Lipinski definition) is 3. The van der Waals surface area contributed by atoms with Crippen molar-refractivity contribution >= 4 is 36.4 Å². The summed E-state index contributed by atoms with van der Waals surface area (Å²) in [6.45, 7) is 4.79. The van der Waals surface area contributed by atoms with Crippen LogP contribution in [0.1, 0.15) is 25.7 Å². The Kier molecular flexibility index (Phi) is 7.17. The molecule has 26 heavy (non-hydrogen) atoms. The summed E-state index contributed by atoms with van der Waals surface area (Å²) in [6, 6.07) is 6.69. The first-order valence-corrected chi connectivity index (χ1v) is 9.15. The minimum atomic E-state index is -0.196. The number of carbonyl (C=O) groups is 1. The van der Waals surface area contributed by atoms with Crippen molar-refractivity contribution in [2.75, 3.05) is 37.6 Å². The van der Waals surface area contributed by atoms with Gasteiger partial charge in [0, 0.05) is 31.2 Å². The smallest absolute Gasteiger partial charge is 0.223 e. The predicted molar refractivity (Wildman–Crippen MR) is 107 cm³/mol. The SMILES string of the molecule is Cl.Cl.O=C(NCC1CCN(c2ccc(F)cc2)C1)C1CC12CCNCC2. The molecule has 4 nitrogen and oxygen atoms in total. The van der Waals surface area contributed by atoms with Gasteiger partial charge in [-0.05, 0) is 74.4 Å². The van der Waals surface area contributed by atoms with Gasteiger partial charge in [0.1, 0.15) is 5.82 Å². The quantitative estimate of drug-likeness (QED) is 0.811. The van der Waals surface area contributed by atoms with Gasteiger partial charge in [-0.1, -0.05) is 0 Å². The molecular formula is C19H28Cl2FN3O. The van der Waals surface area contributed by atoms with E-state index in [0.29, 0.717) is 11.3 Å². The van der Waals surface area contributed by atoms with E-state index in [9.17, 15) is 9.18 Å². The summed E-state index contributed by atoms with van der Waals surface area (Å²) in [6.07, 6.45) is 4.45. The van der Waals surface area contributed by atoms with Gasteiger partial charge in [-0.2, -0.15) is 0 Å². The standard InChI is InChI=1S/C19H26FN3O.2ClH/c20-15-1-3-16(4-2-15)23-10-5-14(13-23)12-22-18(24)17-11-19(17)6-8-21-9-7-19;;/h1-4,14,17,21H,5-13H2,(H,22,24);2*1H. The lowest BCUT2D eigenvalue weighted by Gasteiger charge is -2.23. The number of carbonyl (C=O) groups excluding carboxylic acids is 1. The zero-order valence-electron chi connectivity index (χ0n) is 14.9. The number of halogens is 3. The van der Waals surface area contributed by atoms with Gasteiger partial charge in [-0.15, -0.1) is 24.8 Å². The van der Waals surface area contributed by atoms with Crippen LogP contribution in [0.2, 0.25) is 0 Å². The molecule has 1 spiro atoms. The molecule has 2 aliphatic heterocycles. The van der Waals surface area contributed by atoms with Crippen molar-refractivity contribution in [1.82, 2.24) is 10.6 Å². The fourth-order valence-electron chi connectivity index (χ4n) is 4.45. The van der Waals surface area contributed by atoms with E-state index >= 15 is 0 Å². The molecule has 0 bridgehead atoms. The summed E-state index contributed by atoms with van der Waals surface area (Å²) in [5.74, 6) is 0.797. The maximum Gasteiger partial charge on any atom is 0.223 e. The molecule has 2 N–H and O–H groups in total. The third kappa shape index (κ3) is 4.44. The van der Waals surface area contributed by atoms with E-state index in [0.717, 1.165) is 64.1 Å². The van der Waals surface area contributed by atoms with E-state index in [1.54, 1.807) is 0 Å². The summed E-state index contributed by atoms with van der Waals surface area (Å²) in [5, 5.41) is 6.57. The van der Waals surface area contributed by atoms with Crippen molar-refractivity contribution in [2.24, 2.45) is 17.3 Å². The molecule has 0 radical (unpaired) electrons. The van der Waals surface area contributed by atoms with Crippen molar-refractivity contribution in [3.8, 4) is 0 Å². The normalized spacial score (nSPS) is 26.0. The number of benzene rings is 1. The van der Waals surface area contributed by atoms with Crippen LogP contribution in [0.25, 0.3) is 0 Å². The van der Waals surface area contributed by atoms with E-state index in [1.165, 1.54) is 12.1 Å². The Morgan fingerprint density at radius 3 is 2.62 bits per heavy atom. The van der Waals surface area contributed by atoms with Crippen LogP contribution in [0.3, 0.4) is 0 Å². The van der Waals surface area contributed by atoms with E-state index in [1.807, 2.05) is 12.1 Å². The number of piperidine rings is 1. The predicted octanol–water partition coefficient (Wildman–Crippen LogP) is 3.00. The fraction of sp³-hybridized carbons (Fsp3) is 0.632. The average Bonchev–Trinajstić information content (AvgIpc) is 3.07. The average molecular weight is 404 g/mol. The number of anilines is 1. The van der Waals surface area contributed by atoms with Crippen LogP contribution < -0.4 is 15.5 Å². The van der Waals surface area contributed by atoms with Crippen LogP contribution in [-0.4, -0.2) is 38.6 Å².